The zero-order valence-corrected chi connectivity index (χ0v) is 29.9. The molecule has 0 bridgehead atoms. The van der Waals surface area contributed by atoms with Gasteiger partial charge in [0.2, 0.25) is 11.8 Å². The lowest BCUT2D eigenvalue weighted by Crippen LogP contribution is -2.51. The van der Waals surface area contributed by atoms with E-state index < -0.39 is 56.9 Å². The second kappa shape index (κ2) is 14.8. The van der Waals surface area contributed by atoms with Crippen LogP contribution in [0.2, 0.25) is 0 Å². The van der Waals surface area contributed by atoms with E-state index >= 15 is 4.39 Å². The number of carbonyl (C=O) groups is 1. The summed E-state index contributed by atoms with van der Waals surface area (Å²) in [6.45, 7) is 7.16. The summed E-state index contributed by atoms with van der Waals surface area (Å²) in [6, 6.07) is 16.2. The second-order valence-electron chi connectivity index (χ2n) is 13.7. The Labute approximate surface area is 300 Å². The number of rotatable bonds is 9. The molecule has 10 nitrogen and oxygen atoms in total. The van der Waals surface area contributed by atoms with Gasteiger partial charge in [0.05, 0.1) is 29.3 Å². The van der Waals surface area contributed by atoms with Crippen molar-refractivity contribution in [1.82, 2.24) is 19.9 Å². The first-order chi connectivity index (χ1) is 24.7. The molecule has 0 saturated carbocycles. The fourth-order valence-corrected chi connectivity index (χ4v) is 7.61. The fourth-order valence-electron chi connectivity index (χ4n) is 6.07. The van der Waals surface area contributed by atoms with Crippen LogP contribution >= 0.6 is 0 Å². The number of nitrogens with zero attached hydrogens (tertiary/aromatic N) is 4. The molecule has 2 aromatic heterocycles. The number of anilines is 1. The number of sulfone groups is 1. The second-order valence-corrected chi connectivity index (χ2v) is 15.8. The Balaban J connectivity index is 1.26. The van der Waals surface area contributed by atoms with Crippen LogP contribution in [-0.4, -0.2) is 65.3 Å². The number of hydrogen-bond acceptors (Lipinski definition) is 9. The molecule has 1 fully saturated rings. The van der Waals surface area contributed by atoms with E-state index in [1.165, 1.54) is 47.6 Å². The summed E-state index contributed by atoms with van der Waals surface area (Å²) < 4.78 is 82.6. The summed E-state index contributed by atoms with van der Waals surface area (Å²) in [7, 11) is -3.98. The van der Waals surface area contributed by atoms with Crippen LogP contribution in [0.3, 0.4) is 0 Å². The van der Waals surface area contributed by atoms with Gasteiger partial charge in [-0.15, -0.1) is 0 Å². The SMILES string of the molecule is Cc1ccc2c(CS(=O)(=O)Cc3ccccc3F)c(F)ccc2c1Oc1ncccc1-c1ccnc(NC2CC(F)CN(C(=O)OC(C)(C)C)C2)n1. The number of nitrogens with one attached hydrogen (secondary N) is 1. The van der Waals surface area contributed by atoms with E-state index in [4.69, 9.17) is 9.47 Å². The minimum Gasteiger partial charge on any atom is -0.444 e. The van der Waals surface area contributed by atoms with E-state index in [2.05, 4.69) is 20.3 Å². The number of aromatic nitrogens is 3. The number of benzene rings is 3. The van der Waals surface area contributed by atoms with Gasteiger partial charge in [0.25, 0.3) is 0 Å². The molecular formula is C38H38F3N5O5S. The average Bonchev–Trinajstić information content (AvgIpc) is 3.07. The molecule has 272 valence electrons. The van der Waals surface area contributed by atoms with Gasteiger partial charge in [0, 0.05) is 47.9 Å². The highest BCUT2D eigenvalue weighted by molar-refractivity contribution is 7.89. The summed E-state index contributed by atoms with van der Waals surface area (Å²) in [6.07, 6.45) is 1.33. The molecule has 1 N–H and O–H groups in total. The number of likely N-dealkylation sites (tertiary alicyclic amines) is 1. The third kappa shape index (κ3) is 8.61. The standard InChI is InChI=1S/C38H38F3N5O5S/c1-23-11-12-27-28(13-14-32(41)30(27)22-52(48,49)21-24-8-5-6-10-31(24)40)34(23)50-35-29(9-7-16-42-35)33-15-17-43-36(45-33)44-26-18-25(39)19-46(20-26)37(47)51-38(2,3)4/h5-17,25-26H,18-22H2,1-4H3,(H,43,44,45). The van der Waals surface area contributed by atoms with Crippen LogP contribution in [0.5, 0.6) is 11.6 Å². The first-order valence-corrected chi connectivity index (χ1v) is 18.5. The summed E-state index contributed by atoms with van der Waals surface area (Å²) in [5.41, 5.74) is 0.811. The summed E-state index contributed by atoms with van der Waals surface area (Å²) in [5, 5.41) is 3.91. The molecule has 1 aliphatic heterocycles. The van der Waals surface area contributed by atoms with Crippen molar-refractivity contribution >= 4 is 32.7 Å². The number of fused-ring (bicyclic) bond motifs is 1. The van der Waals surface area contributed by atoms with Crippen LogP contribution in [0.1, 0.15) is 43.9 Å². The number of halogens is 3. The van der Waals surface area contributed by atoms with Crippen molar-refractivity contribution in [3.8, 4) is 22.9 Å². The van der Waals surface area contributed by atoms with E-state index in [0.717, 1.165) is 0 Å². The lowest BCUT2D eigenvalue weighted by atomic mass is 10.0. The molecule has 5 aromatic rings. The number of piperidine rings is 1. The van der Waals surface area contributed by atoms with Gasteiger partial charge in [-0.25, -0.2) is 41.3 Å². The maximum atomic E-state index is 15.3. The third-order valence-electron chi connectivity index (χ3n) is 8.39. The summed E-state index contributed by atoms with van der Waals surface area (Å²) in [4.78, 5) is 27.4. The van der Waals surface area contributed by atoms with Crippen molar-refractivity contribution in [2.75, 3.05) is 18.4 Å². The minimum absolute atomic E-state index is 0.00175. The molecule has 2 atom stereocenters. The normalized spacial score (nSPS) is 16.5. The highest BCUT2D eigenvalue weighted by Gasteiger charge is 2.33. The van der Waals surface area contributed by atoms with E-state index in [-0.39, 0.29) is 42.5 Å². The largest absolute Gasteiger partial charge is 0.444 e. The van der Waals surface area contributed by atoms with Gasteiger partial charge in [0.15, 0.2) is 9.84 Å². The molecule has 1 saturated heterocycles. The highest BCUT2D eigenvalue weighted by Crippen LogP contribution is 2.39. The number of amides is 1. The lowest BCUT2D eigenvalue weighted by molar-refractivity contribution is 0.0124. The van der Waals surface area contributed by atoms with Crippen molar-refractivity contribution in [2.24, 2.45) is 0 Å². The predicted molar refractivity (Wildman–Crippen MR) is 191 cm³/mol. The van der Waals surface area contributed by atoms with Gasteiger partial charge in [-0.1, -0.05) is 30.3 Å². The minimum atomic E-state index is -3.98. The Hall–Kier alpha value is -5.24. The van der Waals surface area contributed by atoms with Crippen molar-refractivity contribution in [1.29, 1.82) is 0 Å². The molecule has 0 spiro atoms. The molecule has 3 heterocycles. The first kappa shape index (κ1) is 36.5. The molecule has 1 amide bonds. The Kier molecular flexibility index (Phi) is 10.4. The van der Waals surface area contributed by atoms with Gasteiger partial charge in [-0.2, -0.15) is 0 Å². The number of pyridine rings is 1. The Morgan fingerprint density at radius 2 is 1.69 bits per heavy atom. The van der Waals surface area contributed by atoms with E-state index in [9.17, 15) is 22.0 Å². The van der Waals surface area contributed by atoms with Gasteiger partial charge in [0.1, 0.15) is 29.2 Å². The summed E-state index contributed by atoms with van der Waals surface area (Å²) in [5.74, 6) is -1.92. The van der Waals surface area contributed by atoms with Gasteiger partial charge in [-0.05, 0) is 75.0 Å². The fraction of sp³-hybridized carbons (Fsp3) is 0.316. The zero-order chi connectivity index (χ0) is 37.2. The first-order valence-electron chi connectivity index (χ1n) is 16.6. The molecule has 1 aliphatic rings. The third-order valence-corrected chi connectivity index (χ3v) is 9.87. The Bertz CT molecular complexity index is 2230. The van der Waals surface area contributed by atoms with E-state index in [0.29, 0.717) is 33.3 Å². The van der Waals surface area contributed by atoms with Crippen LogP contribution in [0.4, 0.5) is 23.9 Å². The molecule has 0 aliphatic carbocycles. The number of alkyl halides is 1. The van der Waals surface area contributed by atoms with Crippen LogP contribution < -0.4 is 10.1 Å². The predicted octanol–water partition coefficient (Wildman–Crippen LogP) is 7.95. The molecular weight excluding hydrogens is 696 g/mol. The molecule has 52 heavy (non-hydrogen) atoms. The van der Waals surface area contributed by atoms with Crippen molar-refractivity contribution in [3.63, 3.8) is 0 Å². The van der Waals surface area contributed by atoms with Gasteiger partial charge in [-0.3, -0.25) is 0 Å². The smallest absolute Gasteiger partial charge is 0.410 e. The number of carbonyl (C=O) groups excluding carboxylic acids is 1. The zero-order valence-electron chi connectivity index (χ0n) is 29.1. The van der Waals surface area contributed by atoms with Crippen LogP contribution in [-0.2, 0) is 26.1 Å². The van der Waals surface area contributed by atoms with Crippen molar-refractivity contribution in [3.05, 3.63) is 107 Å². The quantitative estimate of drug-likeness (QED) is 0.161. The van der Waals surface area contributed by atoms with Crippen molar-refractivity contribution in [2.45, 2.75) is 63.4 Å². The Morgan fingerprint density at radius 3 is 2.46 bits per heavy atom. The molecule has 14 heteroatoms. The molecule has 6 rings (SSSR count). The molecule has 3 aromatic carbocycles. The lowest BCUT2D eigenvalue weighted by Gasteiger charge is -2.36. The van der Waals surface area contributed by atoms with E-state index in [1.54, 1.807) is 64.1 Å². The maximum absolute atomic E-state index is 15.3. The summed E-state index contributed by atoms with van der Waals surface area (Å²) >= 11 is 0. The van der Waals surface area contributed by atoms with Crippen LogP contribution in [0, 0.1) is 18.6 Å². The average molecular weight is 734 g/mol. The number of ether oxygens (including phenoxy) is 2. The van der Waals surface area contributed by atoms with Crippen LogP contribution in [0.15, 0.2) is 79.1 Å². The van der Waals surface area contributed by atoms with Gasteiger partial charge >= 0.3 is 6.09 Å². The number of aryl methyl sites for hydroxylation is 1. The highest BCUT2D eigenvalue weighted by atomic mass is 32.2. The number of hydrogen-bond donors (Lipinski definition) is 1. The van der Waals surface area contributed by atoms with Crippen LogP contribution in [0.25, 0.3) is 22.0 Å². The van der Waals surface area contributed by atoms with Crippen molar-refractivity contribution < 1.29 is 35.9 Å². The maximum Gasteiger partial charge on any atom is 0.410 e. The topological polar surface area (TPSA) is 124 Å². The molecule has 2 unspecified atom stereocenters. The monoisotopic (exact) mass is 733 g/mol. The Morgan fingerprint density at radius 1 is 0.923 bits per heavy atom. The molecule has 0 radical (unpaired) electrons. The van der Waals surface area contributed by atoms with E-state index in [1.807, 2.05) is 0 Å². The van der Waals surface area contributed by atoms with Gasteiger partial charge < -0.3 is 19.7 Å².